The summed E-state index contributed by atoms with van der Waals surface area (Å²) < 4.78 is 7.03. The number of anilines is 1. The first-order valence-electron chi connectivity index (χ1n) is 10.5. The van der Waals surface area contributed by atoms with Gasteiger partial charge in [0, 0.05) is 22.5 Å². The van der Waals surface area contributed by atoms with Crippen molar-refractivity contribution in [3.8, 4) is 11.4 Å². The van der Waals surface area contributed by atoms with Crippen molar-refractivity contribution in [3.63, 3.8) is 0 Å². The summed E-state index contributed by atoms with van der Waals surface area (Å²) in [6.45, 7) is 2.07. The largest absolute Gasteiger partial charge is 0.462 e. The highest BCUT2D eigenvalue weighted by Crippen LogP contribution is 2.39. The smallest absolute Gasteiger partial charge is 0.341 e. The average molecular weight is 525 g/mol. The van der Waals surface area contributed by atoms with Gasteiger partial charge in [-0.15, -0.1) is 21.5 Å². The number of rotatable bonds is 7. The van der Waals surface area contributed by atoms with Crippen LogP contribution in [0.5, 0.6) is 0 Å². The second-order valence-electron chi connectivity index (χ2n) is 7.46. The van der Waals surface area contributed by atoms with Crippen molar-refractivity contribution >= 4 is 63.2 Å². The Balaban J connectivity index is 1.47. The van der Waals surface area contributed by atoms with E-state index in [2.05, 4.69) is 15.5 Å². The Kier molecular flexibility index (Phi) is 7.63. The van der Waals surface area contributed by atoms with Gasteiger partial charge in [-0.3, -0.25) is 4.79 Å². The lowest BCUT2D eigenvalue weighted by Gasteiger charge is -2.12. The van der Waals surface area contributed by atoms with E-state index < -0.39 is 0 Å². The van der Waals surface area contributed by atoms with Gasteiger partial charge in [-0.05, 0) is 56.4 Å². The Hall–Kier alpha value is -2.07. The third kappa shape index (κ3) is 5.21. The molecule has 3 aromatic rings. The second kappa shape index (κ2) is 10.5. The van der Waals surface area contributed by atoms with Crippen molar-refractivity contribution in [2.75, 3.05) is 17.7 Å². The number of thioether (sulfide) groups is 1. The Labute approximate surface area is 209 Å². The predicted molar refractivity (Wildman–Crippen MR) is 133 cm³/mol. The molecular formula is C22H22Cl2N4O3S2. The molecule has 0 unspecified atom stereocenters. The van der Waals surface area contributed by atoms with Crippen molar-refractivity contribution in [1.29, 1.82) is 0 Å². The zero-order valence-corrected chi connectivity index (χ0v) is 21.3. The maximum absolute atomic E-state index is 12.7. The van der Waals surface area contributed by atoms with Crippen LogP contribution in [0.2, 0.25) is 10.0 Å². The number of hydrogen-bond donors (Lipinski definition) is 1. The van der Waals surface area contributed by atoms with Crippen molar-refractivity contribution in [1.82, 2.24) is 14.8 Å². The number of aromatic nitrogens is 3. The number of thiophene rings is 1. The molecule has 0 spiro atoms. The predicted octanol–water partition coefficient (Wildman–Crippen LogP) is 5.64. The van der Waals surface area contributed by atoms with Crippen LogP contribution in [0.4, 0.5) is 5.00 Å². The van der Waals surface area contributed by atoms with Crippen LogP contribution < -0.4 is 5.32 Å². The minimum absolute atomic E-state index is 0.116. The number of ether oxygens (including phenoxy) is 1. The maximum atomic E-state index is 12.7. The van der Waals surface area contributed by atoms with Crippen LogP contribution in [0.3, 0.4) is 0 Å². The number of aryl methyl sites for hydroxylation is 1. The van der Waals surface area contributed by atoms with Gasteiger partial charge in [-0.2, -0.15) is 0 Å². The van der Waals surface area contributed by atoms with Gasteiger partial charge < -0.3 is 14.6 Å². The highest BCUT2D eigenvalue weighted by molar-refractivity contribution is 7.99. The van der Waals surface area contributed by atoms with Gasteiger partial charge in [0.2, 0.25) is 5.91 Å². The number of fused-ring (bicyclic) bond motifs is 1. The number of carbonyl (C=O) groups is 2. The lowest BCUT2D eigenvalue weighted by molar-refractivity contribution is -0.113. The third-order valence-electron chi connectivity index (χ3n) is 5.24. The monoisotopic (exact) mass is 524 g/mol. The molecule has 0 bridgehead atoms. The van der Waals surface area contributed by atoms with Crippen molar-refractivity contribution < 1.29 is 14.3 Å². The summed E-state index contributed by atoms with van der Waals surface area (Å²) in [7, 11) is 1.81. The molecule has 1 amide bonds. The van der Waals surface area contributed by atoms with E-state index in [-0.39, 0.29) is 17.6 Å². The van der Waals surface area contributed by atoms with Crippen LogP contribution >= 0.6 is 46.3 Å². The number of carbonyl (C=O) groups excluding carboxylic acids is 2. The van der Waals surface area contributed by atoms with Crippen LogP contribution in [0, 0.1) is 0 Å². The molecule has 1 aliphatic carbocycles. The molecule has 0 fully saturated rings. The fraction of sp³-hybridized carbons (Fsp3) is 0.364. The van der Waals surface area contributed by atoms with Crippen LogP contribution in [-0.2, 0) is 29.4 Å². The van der Waals surface area contributed by atoms with Crippen molar-refractivity contribution in [2.45, 2.75) is 37.8 Å². The lowest BCUT2D eigenvalue weighted by atomic mass is 9.95. The molecule has 33 heavy (non-hydrogen) atoms. The number of hydrogen-bond acceptors (Lipinski definition) is 7. The summed E-state index contributed by atoms with van der Waals surface area (Å²) in [5.41, 5.74) is 2.23. The van der Waals surface area contributed by atoms with E-state index in [1.165, 1.54) is 23.1 Å². The number of esters is 1. The summed E-state index contributed by atoms with van der Waals surface area (Å²) in [6, 6.07) is 5.17. The number of benzene rings is 1. The SMILES string of the molecule is CCOC(=O)c1c(NC(=O)CSc2nnc(-c3ccc(Cl)cc3Cl)n2C)sc2c1CCCC2. The molecule has 2 heterocycles. The molecule has 4 rings (SSSR count). The molecule has 0 radical (unpaired) electrons. The van der Waals surface area contributed by atoms with Crippen LogP contribution in [0.1, 0.15) is 40.6 Å². The van der Waals surface area contributed by atoms with E-state index in [1.807, 2.05) is 7.05 Å². The Morgan fingerprint density at radius 1 is 1.24 bits per heavy atom. The zero-order chi connectivity index (χ0) is 23.5. The molecule has 2 aromatic heterocycles. The molecule has 0 aliphatic heterocycles. The second-order valence-corrected chi connectivity index (χ2v) is 10.4. The van der Waals surface area contributed by atoms with E-state index in [1.54, 1.807) is 29.7 Å². The first kappa shape index (κ1) is 24.1. The van der Waals surface area contributed by atoms with Gasteiger partial charge in [-0.25, -0.2) is 4.79 Å². The van der Waals surface area contributed by atoms with Gasteiger partial charge in [0.05, 0.1) is 22.9 Å². The minimum atomic E-state index is -0.377. The first-order chi connectivity index (χ1) is 15.9. The summed E-state index contributed by atoms with van der Waals surface area (Å²) in [6.07, 6.45) is 3.88. The van der Waals surface area contributed by atoms with E-state index >= 15 is 0 Å². The molecule has 7 nitrogen and oxygen atoms in total. The van der Waals surface area contributed by atoms with Crippen molar-refractivity contribution in [2.24, 2.45) is 7.05 Å². The Morgan fingerprint density at radius 3 is 2.79 bits per heavy atom. The fourth-order valence-electron chi connectivity index (χ4n) is 3.71. The first-order valence-corrected chi connectivity index (χ1v) is 13.0. The molecule has 174 valence electrons. The molecule has 0 saturated carbocycles. The van der Waals surface area contributed by atoms with Gasteiger partial charge in [0.15, 0.2) is 11.0 Å². The van der Waals surface area contributed by atoms with Gasteiger partial charge >= 0.3 is 5.97 Å². The molecule has 1 aliphatic rings. The normalized spacial score (nSPS) is 13.0. The van der Waals surface area contributed by atoms with E-state index in [9.17, 15) is 9.59 Å². The number of nitrogens with zero attached hydrogens (tertiary/aromatic N) is 3. The third-order valence-corrected chi connectivity index (χ3v) is 8.02. The fourth-order valence-corrected chi connectivity index (χ4v) is 6.21. The number of amides is 1. The molecule has 1 aromatic carbocycles. The minimum Gasteiger partial charge on any atom is -0.462 e. The number of nitrogens with one attached hydrogen (secondary N) is 1. The van der Waals surface area contributed by atoms with Gasteiger partial charge in [0.1, 0.15) is 5.00 Å². The van der Waals surface area contributed by atoms with Gasteiger partial charge in [-0.1, -0.05) is 35.0 Å². The summed E-state index contributed by atoms with van der Waals surface area (Å²) in [5.74, 6) is 0.0940. The highest BCUT2D eigenvalue weighted by atomic mass is 35.5. The summed E-state index contributed by atoms with van der Waals surface area (Å²) >= 11 is 15.0. The standard InChI is InChI=1S/C22H22Cl2N4O3S2/c1-3-31-21(30)18-14-6-4-5-7-16(14)33-20(18)25-17(29)11-32-22-27-26-19(28(22)2)13-9-8-12(23)10-15(13)24/h8-10H,3-7,11H2,1-2H3,(H,25,29). The highest BCUT2D eigenvalue weighted by Gasteiger charge is 2.27. The van der Waals surface area contributed by atoms with Crippen LogP contribution in [-0.4, -0.2) is 39.0 Å². The van der Waals surface area contributed by atoms with Crippen molar-refractivity contribution in [3.05, 3.63) is 44.2 Å². The quantitative estimate of drug-likeness (QED) is 0.318. The molecule has 11 heteroatoms. The van der Waals surface area contributed by atoms with Crippen LogP contribution in [0.15, 0.2) is 23.4 Å². The van der Waals surface area contributed by atoms with E-state index in [4.69, 9.17) is 27.9 Å². The topological polar surface area (TPSA) is 86.1 Å². The Morgan fingerprint density at radius 2 is 2.03 bits per heavy atom. The molecule has 1 N–H and O–H groups in total. The molecule has 0 atom stereocenters. The summed E-state index contributed by atoms with van der Waals surface area (Å²) in [5, 5.41) is 13.5. The molecule has 0 saturated heterocycles. The van der Waals surface area contributed by atoms with Gasteiger partial charge in [0.25, 0.3) is 0 Å². The zero-order valence-electron chi connectivity index (χ0n) is 18.1. The maximum Gasteiger partial charge on any atom is 0.341 e. The summed E-state index contributed by atoms with van der Waals surface area (Å²) in [4.78, 5) is 26.5. The van der Waals surface area contributed by atoms with E-state index in [0.717, 1.165) is 36.1 Å². The molecular weight excluding hydrogens is 503 g/mol. The number of halogens is 2. The van der Waals surface area contributed by atoms with Crippen LogP contribution in [0.25, 0.3) is 11.4 Å². The average Bonchev–Trinajstić information content (AvgIpc) is 3.32. The lowest BCUT2D eigenvalue weighted by Crippen LogP contribution is -2.17. The van der Waals surface area contributed by atoms with E-state index in [0.29, 0.717) is 43.8 Å². The Bertz CT molecular complexity index is 1210.